The van der Waals surface area contributed by atoms with E-state index in [9.17, 15) is 4.79 Å². The normalized spacial score (nSPS) is 15.6. The average molecular weight is 292 g/mol. The van der Waals surface area contributed by atoms with Gasteiger partial charge in [-0.15, -0.1) is 0 Å². The summed E-state index contributed by atoms with van der Waals surface area (Å²) in [4.78, 5) is 14.7. The first kappa shape index (κ1) is 16.0. The quantitative estimate of drug-likeness (QED) is 0.904. The second-order valence-electron chi connectivity index (χ2n) is 7.10. The van der Waals surface area contributed by atoms with Crippen LogP contribution < -0.4 is 5.32 Å². The number of carbonyl (C=O) groups is 1. The molecule has 0 spiro atoms. The van der Waals surface area contributed by atoms with Crippen LogP contribution in [0.3, 0.4) is 0 Å². The van der Waals surface area contributed by atoms with Crippen LogP contribution in [0, 0.1) is 13.8 Å². The molecule has 0 radical (unpaired) electrons. The number of hydrogen-bond donors (Lipinski definition) is 1. The second-order valence-corrected chi connectivity index (χ2v) is 7.10. The molecule has 1 aliphatic rings. The van der Waals surface area contributed by atoms with Crippen LogP contribution in [0.2, 0.25) is 0 Å². The Morgan fingerprint density at radius 3 is 2.48 bits per heavy atom. The van der Waals surface area contributed by atoms with Crippen molar-refractivity contribution in [1.82, 2.24) is 20.0 Å². The molecule has 5 nitrogen and oxygen atoms in total. The largest absolute Gasteiger partial charge is 0.351 e. The Morgan fingerprint density at radius 2 is 2.00 bits per heavy atom. The van der Waals surface area contributed by atoms with Gasteiger partial charge in [0.15, 0.2) is 0 Å². The number of nitrogens with zero attached hydrogens (tertiary/aromatic N) is 3. The molecule has 1 aromatic rings. The predicted octanol–water partition coefficient (Wildman–Crippen LogP) is 2.08. The molecule has 1 heterocycles. The van der Waals surface area contributed by atoms with Crippen molar-refractivity contribution in [3.63, 3.8) is 0 Å². The number of likely N-dealkylation sites (N-methyl/N-ethyl adjacent to an activating group) is 1. The fraction of sp³-hybridized carbons (Fsp3) is 0.750. The van der Waals surface area contributed by atoms with Crippen LogP contribution in [0.4, 0.5) is 0 Å². The fourth-order valence-electron chi connectivity index (χ4n) is 2.76. The molecule has 118 valence electrons. The molecule has 1 fully saturated rings. The van der Waals surface area contributed by atoms with Crippen LogP contribution in [-0.2, 0) is 5.54 Å². The molecule has 1 aromatic heterocycles. The van der Waals surface area contributed by atoms with E-state index in [4.69, 9.17) is 0 Å². The van der Waals surface area contributed by atoms with Crippen LogP contribution in [0.15, 0.2) is 0 Å². The van der Waals surface area contributed by atoms with Crippen molar-refractivity contribution in [1.29, 1.82) is 0 Å². The van der Waals surface area contributed by atoms with Gasteiger partial charge in [0.2, 0.25) is 0 Å². The van der Waals surface area contributed by atoms with Gasteiger partial charge in [-0.3, -0.25) is 9.48 Å². The molecule has 1 amide bonds. The molecule has 2 rings (SSSR count). The molecular formula is C16H28N4O. The highest BCUT2D eigenvalue weighted by atomic mass is 16.1. The monoisotopic (exact) mass is 292 g/mol. The maximum atomic E-state index is 12.4. The van der Waals surface area contributed by atoms with Crippen molar-refractivity contribution in [2.75, 3.05) is 20.1 Å². The van der Waals surface area contributed by atoms with E-state index in [1.165, 1.54) is 12.8 Å². The Hall–Kier alpha value is -1.36. The van der Waals surface area contributed by atoms with Gasteiger partial charge in [0, 0.05) is 24.8 Å². The first-order valence-corrected chi connectivity index (χ1v) is 7.77. The molecule has 0 atom stereocenters. The van der Waals surface area contributed by atoms with Crippen LogP contribution >= 0.6 is 0 Å². The van der Waals surface area contributed by atoms with Gasteiger partial charge >= 0.3 is 0 Å². The lowest BCUT2D eigenvalue weighted by Crippen LogP contribution is -2.34. The number of nitrogens with one attached hydrogen (secondary N) is 1. The van der Waals surface area contributed by atoms with Gasteiger partial charge in [-0.25, -0.2) is 0 Å². The van der Waals surface area contributed by atoms with Crippen molar-refractivity contribution < 1.29 is 4.79 Å². The zero-order valence-corrected chi connectivity index (χ0v) is 14.2. The summed E-state index contributed by atoms with van der Waals surface area (Å²) in [6, 6.07) is 0.731. The van der Waals surface area contributed by atoms with E-state index in [-0.39, 0.29) is 11.4 Å². The van der Waals surface area contributed by atoms with Crippen molar-refractivity contribution in [2.45, 2.75) is 59.0 Å². The van der Waals surface area contributed by atoms with Gasteiger partial charge in [-0.2, -0.15) is 5.10 Å². The molecule has 0 bridgehead atoms. The lowest BCUT2D eigenvalue weighted by molar-refractivity contribution is 0.0948. The van der Waals surface area contributed by atoms with E-state index in [0.29, 0.717) is 6.54 Å². The van der Waals surface area contributed by atoms with Crippen LogP contribution in [0.1, 0.15) is 55.4 Å². The van der Waals surface area contributed by atoms with E-state index < -0.39 is 0 Å². The van der Waals surface area contributed by atoms with Gasteiger partial charge in [0.05, 0.1) is 16.8 Å². The van der Waals surface area contributed by atoms with Gasteiger partial charge in [0.25, 0.3) is 5.91 Å². The summed E-state index contributed by atoms with van der Waals surface area (Å²) < 4.78 is 1.94. The Kier molecular flexibility index (Phi) is 4.42. The summed E-state index contributed by atoms with van der Waals surface area (Å²) in [7, 11) is 2.12. The highest BCUT2D eigenvalue weighted by molar-refractivity contribution is 5.96. The van der Waals surface area contributed by atoms with Crippen molar-refractivity contribution in [2.24, 2.45) is 0 Å². The number of aromatic nitrogens is 2. The SMILES string of the molecule is Cc1nn(C(C)(C)C)c(C)c1C(=O)NCCN(C)C1CC1. The van der Waals surface area contributed by atoms with Gasteiger partial charge in [-0.1, -0.05) is 0 Å². The minimum Gasteiger partial charge on any atom is -0.351 e. The van der Waals surface area contributed by atoms with E-state index in [1.54, 1.807) is 0 Å². The van der Waals surface area contributed by atoms with Crippen molar-refractivity contribution >= 4 is 5.91 Å². The molecular weight excluding hydrogens is 264 g/mol. The Balaban J connectivity index is 2.00. The molecule has 0 saturated heterocycles. The molecule has 0 aliphatic heterocycles. The number of carbonyl (C=O) groups excluding carboxylic acids is 1. The number of rotatable bonds is 5. The molecule has 1 aliphatic carbocycles. The summed E-state index contributed by atoms with van der Waals surface area (Å²) >= 11 is 0. The topological polar surface area (TPSA) is 50.2 Å². The standard InChI is InChI=1S/C16H28N4O/c1-11-14(12(2)20(18-11)16(3,4)5)15(21)17-9-10-19(6)13-7-8-13/h13H,7-10H2,1-6H3,(H,17,21). The number of aryl methyl sites for hydroxylation is 1. The Bertz CT molecular complexity index is 523. The zero-order valence-electron chi connectivity index (χ0n) is 14.2. The summed E-state index contributed by atoms with van der Waals surface area (Å²) in [5.74, 6) is -0.00954. The van der Waals surface area contributed by atoms with E-state index in [1.807, 2.05) is 18.5 Å². The number of amides is 1. The van der Waals surface area contributed by atoms with E-state index in [2.05, 4.69) is 43.1 Å². The zero-order chi connectivity index (χ0) is 15.8. The van der Waals surface area contributed by atoms with Gasteiger partial charge in [-0.05, 0) is 54.5 Å². The Morgan fingerprint density at radius 1 is 1.38 bits per heavy atom. The maximum absolute atomic E-state index is 12.4. The second kappa shape index (κ2) is 5.79. The summed E-state index contributed by atoms with van der Waals surface area (Å²) in [6.45, 7) is 11.8. The molecule has 0 aromatic carbocycles. The van der Waals surface area contributed by atoms with Gasteiger partial charge in [0.1, 0.15) is 0 Å². The minimum atomic E-state index is -0.112. The highest BCUT2D eigenvalue weighted by Crippen LogP contribution is 2.24. The molecule has 1 N–H and O–H groups in total. The summed E-state index contributed by atoms with van der Waals surface area (Å²) in [5.41, 5.74) is 2.35. The molecule has 21 heavy (non-hydrogen) atoms. The smallest absolute Gasteiger partial charge is 0.255 e. The summed E-state index contributed by atoms with van der Waals surface area (Å²) in [6.07, 6.45) is 2.59. The average Bonchev–Trinajstić information content (AvgIpc) is 3.14. The van der Waals surface area contributed by atoms with Crippen molar-refractivity contribution in [3.05, 3.63) is 17.0 Å². The fourth-order valence-corrected chi connectivity index (χ4v) is 2.76. The van der Waals surface area contributed by atoms with Crippen LogP contribution in [0.5, 0.6) is 0 Å². The highest BCUT2D eigenvalue weighted by Gasteiger charge is 2.26. The lowest BCUT2D eigenvalue weighted by atomic mass is 10.1. The van der Waals surface area contributed by atoms with Crippen LogP contribution in [0.25, 0.3) is 0 Å². The summed E-state index contributed by atoms with van der Waals surface area (Å²) in [5, 5.41) is 7.55. The predicted molar refractivity (Wildman–Crippen MR) is 84.7 cm³/mol. The third-order valence-corrected chi connectivity index (χ3v) is 4.07. The van der Waals surface area contributed by atoms with E-state index in [0.717, 1.165) is 29.5 Å². The van der Waals surface area contributed by atoms with Crippen molar-refractivity contribution in [3.8, 4) is 0 Å². The maximum Gasteiger partial charge on any atom is 0.255 e. The lowest BCUT2D eigenvalue weighted by Gasteiger charge is -2.21. The third-order valence-electron chi connectivity index (χ3n) is 4.07. The number of hydrogen-bond acceptors (Lipinski definition) is 3. The first-order valence-electron chi connectivity index (χ1n) is 7.77. The van der Waals surface area contributed by atoms with Crippen LogP contribution in [-0.4, -0.2) is 46.8 Å². The molecule has 5 heteroatoms. The molecule has 1 saturated carbocycles. The minimum absolute atomic E-state index is 0.00954. The van der Waals surface area contributed by atoms with Gasteiger partial charge < -0.3 is 10.2 Å². The van der Waals surface area contributed by atoms with E-state index >= 15 is 0 Å². The Labute approximate surface area is 127 Å². The first-order chi connectivity index (χ1) is 9.71. The third kappa shape index (κ3) is 3.64. The molecule has 0 unspecified atom stereocenters.